The second kappa shape index (κ2) is 37.7. The van der Waals surface area contributed by atoms with Gasteiger partial charge in [-0.25, -0.2) is 14.2 Å². The van der Waals surface area contributed by atoms with Crippen molar-refractivity contribution in [2.75, 3.05) is 13.2 Å². The second-order valence-electron chi connectivity index (χ2n) is 12.8. The molecule has 0 aliphatic carbocycles. The van der Waals surface area contributed by atoms with Gasteiger partial charge in [0, 0.05) is 12.2 Å². The van der Waals surface area contributed by atoms with E-state index in [1.807, 2.05) is 36.5 Å². The Hall–Kier alpha value is -3.03. The monoisotopic (exact) mass is 744 g/mol. The molecule has 0 saturated heterocycles. The lowest BCUT2D eigenvalue weighted by Gasteiger charge is -2.17. The fraction of sp³-hybridized carbons (Fsp3) is 0.581. The maximum atomic E-state index is 12.2. The molecule has 0 saturated carbocycles. The van der Waals surface area contributed by atoms with E-state index in [9.17, 15) is 14.2 Å². The Balaban J connectivity index is 4.34. The molecule has 0 aliphatic rings. The van der Waals surface area contributed by atoms with Gasteiger partial charge in [-0.3, -0.25) is 4.52 Å². The third-order valence-corrected chi connectivity index (χ3v) is 8.40. The average molecular weight is 745 g/mol. The summed E-state index contributed by atoms with van der Waals surface area (Å²) in [5.41, 5.74) is 0. The lowest BCUT2D eigenvalue weighted by atomic mass is 10.1. The first-order valence-electron chi connectivity index (χ1n) is 19.7. The fourth-order valence-corrected chi connectivity index (χ4v) is 5.36. The van der Waals surface area contributed by atoms with E-state index in [0.29, 0.717) is 0 Å². The number of unbranched alkanes of at least 4 members (excludes halogenated alkanes) is 18. The number of rotatable bonds is 34. The molecular formula is C43H69O8P. The Morgan fingerprint density at radius 1 is 0.500 bits per heavy atom. The smallest absolute Gasteiger partial charge is 0.458 e. The molecule has 0 amide bonds. The van der Waals surface area contributed by atoms with Crippen molar-refractivity contribution in [3.63, 3.8) is 0 Å². The molecule has 0 heterocycles. The molecule has 0 radical (unpaired) electrons. The number of hydrogen-bond acceptors (Lipinski definition) is 6. The van der Waals surface area contributed by atoms with Gasteiger partial charge in [0.1, 0.15) is 6.61 Å². The third kappa shape index (κ3) is 39.8. The lowest BCUT2D eigenvalue weighted by Crippen LogP contribution is -2.28. The lowest BCUT2D eigenvalue weighted by molar-refractivity contribution is -0.154. The second-order valence-corrected chi connectivity index (χ2v) is 14.1. The maximum absolute atomic E-state index is 12.2. The summed E-state index contributed by atoms with van der Waals surface area (Å²) in [6.07, 6.45) is 52.6. The van der Waals surface area contributed by atoms with E-state index in [2.05, 4.69) is 30.5 Å². The topological polar surface area (TPSA) is 119 Å². The molecule has 0 bridgehead atoms. The van der Waals surface area contributed by atoms with E-state index in [4.69, 9.17) is 19.3 Å². The van der Waals surface area contributed by atoms with Gasteiger partial charge in [0.15, 0.2) is 6.10 Å². The Labute approximate surface area is 315 Å². The van der Waals surface area contributed by atoms with Crippen LogP contribution in [0.4, 0.5) is 0 Å². The van der Waals surface area contributed by atoms with Crippen LogP contribution in [-0.4, -0.2) is 41.0 Å². The molecule has 0 aromatic carbocycles. The van der Waals surface area contributed by atoms with Gasteiger partial charge >= 0.3 is 19.8 Å². The van der Waals surface area contributed by atoms with E-state index >= 15 is 0 Å². The van der Waals surface area contributed by atoms with Gasteiger partial charge in [0.2, 0.25) is 0 Å². The van der Waals surface area contributed by atoms with E-state index in [0.717, 1.165) is 18.9 Å². The van der Waals surface area contributed by atoms with Crippen LogP contribution in [0.3, 0.4) is 0 Å². The normalized spacial score (nSPS) is 13.5. The maximum Gasteiger partial charge on any atom is 0.469 e. The van der Waals surface area contributed by atoms with Gasteiger partial charge in [0.05, 0.1) is 6.61 Å². The van der Waals surface area contributed by atoms with Gasteiger partial charge < -0.3 is 19.3 Å². The third-order valence-electron chi connectivity index (χ3n) is 7.92. The number of phosphoric ester groups is 1. The Kier molecular flexibility index (Phi) is 35.5. The highest BCUT2D eigenvalue weighted by molar-refractivity contribution is 7.46. The standard InChI is InChI=1S/C43H69O8P/c1-3-5-7-9-11-13-15-17-19-21-23-25-27-29-31-33-35-37-42(44)49-39-41(40-50-52(46,47)48)51-43(45)38-36-34-32-30-28-26-24-22-20-18-16-14-12-10-8-6-4-2/h23-38,41H,3-22,39-40H2,1-2H3,(H2,46,47,48)/t41-/m1/s1. The SMILES string of the molecule is CCCCCCCCCCCC=CC=CC=CC=CC(=O)OC[C@H](COP(=O)(O)O)OC(=O)C=CC=CC=CC=CCCCCCCCCCCC. The molecule has 9 heteroatoms. The summed E-state index contributed by atoms with van der Waals surface area (Å²) < 4.78 is 25.9. The van der Waals surface area contributed by atoms with Gasteiger partial charge in [-0.1, -0.05) is 202 Å². The van der Waals surface area contributed by atoms with Crippen molar-refractivity contribution in [3.8, 4) is 0 Å². The number of allylic oxidation sites excluding steroid dienone is 14. The molecule has 0 rings (SSSR count). The number of hydrogen-bond donors (Lipinski definition) is 2. The van der Waals surface area contributed by atoms with Gasteiger partial charge in [-0.15, -0.1) is 0 Å². The first kappa shape index (κ1) is 49.0. The van der Waals surface area contributed by atoms with Crippen molar-refractivity contribution in [2.45, 2.75) is 148 Å². The van der Waals surface area contributed by atoms with Crippen LogP contribution in [0.5, 0.6) is 0 Å². The predicted octanol–water partition coefficient (Wildman–Crippen LogP) is 11.8. The Morgan fingerprint density at radius 3 is 1.29 bits per heavy atom. The van der Waals surface area contributed by atoms with Crippen molar-refractivity contribution in [1.29, 1.82) is 0 Å². The van der Waals surface area contributed by atoms with Gasteiger partial charge in [-0.2, -0.15) is 0 Å². The zero-order valence-corrected chi connectivity index (χ0v) is 33.1. The molecule has 0 unspecified atom stereocenters. The van der Waals surface area contributed by atoms with Crippen LogP contribution in [0.15, 0.2) is 97.2 Å². The van der Waals surface area contributed by atoms with E-state index in [-0.39, 0.29) is 0 Å². The minimum absolute atomic E-state index is 0.444. The molecule has 0 aliphatic heterocycles. The molecule has 0 aromatic rings. The van der Waals surface area contributed by atoms with Crippen molar-refractivity contribution >= 4 is 19.8 Å². The first-order chi connectivity index (χ1) is 25.3. The summed E-state index contributed by atoms with van der Waals surface area (Å²) in [6, 6.07) is 0. The molecule has 52 heavy (non-hydrogen) atoms. The Morgan fingerprint density at radius 2 is 0.865 bits per heavy atom. The summed E-state index contributed by atoms with van der Waals surface area (Å²) in [7, 11) is -4.82. The molecule has 1 atom stereocenters. The number of phosphoric acid groups is 1. The predicted molar refractivity (Wildman–Crippen MR) is 216 cm³/mol. The van der Waals surface area contributed by atoms with Crippen LogP contribution in [0.25, 0.3) is 0 Å². The minimum Gasteiger partial charge on any atom is -0.458 e. The number of ether oxygens (including phenoxy) is 2. The van der Waals surface area contributed by atoms with Crippen LogP contribution in [-0.2, 0) is 28.2 Å². The average Bonchev–Trinajstić information content (AvgIpc) is 3.11. The van der Waals surface area contributed by atoms with Crippen molar-refractivity contribution in [2.24, 2.45) is 0 Å². The highest BCUT2D eigenvalue weighted by atomic mass is 31.2. The highest BCUT2D eigenvalue weighted by Gasteiger charge is 2.22. The summed E-state index contributed by atoms with van der Waals surface area (Å²) in [5, 5.41) is 0. The zero-order chi connectivity index (χ0) is 38.2. The largest absolute Gasteiger partial charge is 0.469 e. The number of carbonyl (C=O) groups is 2. The quantitative estimate of drug-likeness (QED) is 0.0220. The molecule has 2 N–H and O–H groups in total. The summed E-state index contributed by atoms with van der Waals surface area (Å²) in [6.45, 7) is 3.39. The van der Waals surface area contributed by atoms with E-state index in [1.165, 1.54) is 134 Å². The van der Waals surface area contributed by atoms with Crippen LogP contribution in [0.2, 0.25) is 0 Å². The molecule has 0 spiro atoms. The number of carbonyl (C=O) groups excluding carboxylic acids is 2. The zero-order valence-electron chi connectivity index (χ0n) is 32.2. The first-order valence-corrected chi connectivity index (χ1v) is 21.2. The Bertz CT molecular complexity index is 1160. The van der Waals surface area contributed by atoms with E-state index < -0.39 is 39.1 Å². The van der Waals surface area contributed by atoms with Crippen LogP contribution in [0, 0.1) is 0 Å². The minimum atomic E-state index is -4.82. The molecule has 0 fully saturated rings. The molecule has 8 nitrogen and oxygen atoms in total. The summed E-state index contributed by atoms with van der Waals surface area (Å²) in [5.74, 6) is -1.49. The highest BCUT2D eigenvalue weighted by Crippen LogP contribution is 2.35. The number of esters is 2. The van der Waals surface area contributed by atoms with Crippen LogP contribution >= 0.6 is 7.82 Å². The summed E-state index contributed by atoms with van der Waals surface area (Å²) in [4.78, 5) is 42.4. The van der Waals surface area contributed by atoms with Gasteiger partial charge in [0.25, 0.3) is 0 Å². The fourth-order valence-electron chi connectivity index (χ4n) is 5.00. The molecule has 0 aromatic heterocycles. The summed E-state index contributed by atoms with van der Waals surface area (Å²) >= 11 is 0. The molecular weight excluding hydrogens is 675 g/mol. The van der Waals surface area contributed by atoms with E-state index in [1.54, 1.807) is 24.3 Å². The van der Waals surface area contributed by atoms with Crippen LogP contribution in [0.1, 0.15) is 142 Å². The van der Waals surface area contributed by atoms with Gasteiger partial charge in [-0.05, 0) is 25.7 Å². The van der Waals surface area contributed by atoms with Crippen molar-refractivity contribution in [1.82, 2.24) is 0 Å². The van der Waals surface area contributed by atoms with Crippen molar-refractivity contribution in [3.05, 3.63) is 97.2 Å². The molecule has 294 valence electrons. The van der Waals surface area contributed by atoms with Crippen molar-refractivity contribution < 1.29 is 37.9 Å². The van der Waals surface area contributed by atoms with Crippen LogP contribution < -0.4 is 0 Å².